The monoisotopic (exact) mass is 289 g/mol. The molecule has 1 aromatic heterocycles. The van der Waals surface area contributed by atoms with Crippen LogP contribution in [0.4, 0.5) is 0 Å². The van der Waals surface area contributed by atoms with E-state index in [0.717, 1.165) is 0 Å². The molecule has 1 amide bonds. The van der Waals surface area contributed by atoms with Crippen molar-refractivity contribution in [2.45, 2.75) is 18.2 Å². The van der Waals surface area contributed by atoms with E-state index in [1.54, 1.807) is 17.2 Å². The third-order valence-electron chi connectivity index (χ3n) is 4.58. The molecule has 3 aliphatic rings. The molecule has 0 saturated carbocycles. The lowest BCUT2D eigenvalue weighted by molar-refractivity contribution is -0.151. The number of amides is 1. The molecule has 0 radical (unpaired) electrons. The lowest BCUT2D eigenvalue weighted by atomic mass is 9.77. The van der Waals surface area contributed by atoms with Crippen LogP contribution in [0, 0.1) is 11.8 Å². The van der Waals surface area contributed by atoms with Crippen molar-refractivity contribution in [3.8, 4) is 0 Å². The Labute approximate surface area is 121 Å². The van der Waals surface area contributed by atoms with Crippen molar-refractivity contribution in [2.75, 3.05) is 13.7 Å². The first kappa shape index (κ1) is 12.6. The van der Waals surface area contributed by atoms with Crippen LogP contribution >= 0.6 is 0 Å². The van der Waals surface area contributed by atoms with Crippen LogP contribution in [0.3, 0.4) is 0 Å². The molecule has 110 valence electrons. The number of carbonyl (C=O) groups excluding carboxylic acids is 2. The Kier molecular flexibility index (Phi) is 2.53. The normalized spacial score (nSPS) is 36.3. The summed E-state index contributed by atoms with van der Waals surface area (Å²) < 4.78 is 16.1. The maximum Gasteiger partial charge on any atom is 0.312 e. The molecule has 4 heterocycles. The van der Waals surface area contributed by atoms with Gasteiger partial charge in [-0.3, -0.25) is 9.59 Å². The topological polar surface area (TPSA) is 69.0 Å². The van der Waals surface area contributed by atoms with Crippen LogP contribution in [-0.4, -0.2) is 42.1 Å². The largest absolute Gasteiger partial charge is 0.469 e. The zero-order valence-electron chi connectivity index (χ0n) is 11.5. The second kappa shape index (κ2) is 4.21. The van der Waals surface area contributed by atoms with E-state index in [0.29, 0.717) is 18.8 Å². The first-order valence-electron chi connectivity index (χ1n) is 6.91. The molecule has 21 heavy (non-hydrogen) atoms. The number of rotatable bonds is 3. The van der Waals surface area contributed by atoms with Crippen LogP contribution in [-0.2, 0) is 25.6 Å². The van der Waals surface area contributed by atoms with E-state index in [1.165, 1.54) is 7.11 Å². The van der Waals surface area contributed by atoms with Gasteiger partial charge >= 0.3 is 5.97 Å². The van der Waals surface area contributed by atoms with E-state index in [2.05, 4.69) is 0 Å². The van der Waals surface area contributed by atoms with Gasteiger partial charge in [0.15, 0.2) is 0 Å². The Morgan fingerprint density at radius 2 is 2.43 bits per heavy atom. The second-order valence-corrected chi connectivity index (χ2v) is 5.70. The summed E-state index contributed by atoms with van der Waals surface area (Å²) in [5, 5.41) is 0. The molecule has 2 fully saturated rings. The summed E-state index contributed by atoms with van der Waals surface area (Å²) in [5.74, 6) is -0.782. The number of methoxy groups -OCH3 is 1. The molecule has 4 atom stereocenters. The van der Waals surface area contributed by atoms with E-state index in [1.807, 2.05) is 18.2 Å². The van der Waals surface area contributed by atoms with Crippen LogP contribution in [0.2, 0.25) is 0 Å². The molecule has 2 bridgehead atoms. The zero-order valence-corrected chi connectivity index (χ0v) is 11.5. The first-order chi connectivity index (χ1) is 10.1. The molecular weight excluding hydrogens is 274 g/mol. The summed E-state index contributed by atoms with van der Waals surface area (Å²) in [4.78, 5) is 26.4. The minimum Gasteiger partial charge on any atom is -0.469 e. The summed E-state index contributed by atoms with van der Waals surface area (Å²) >= 11 is 0. The van der Waals surface area contributed by atoms with E-state index in [9.17, 15) is 9.59 Å². The van der Waals surface area contributed by atoms with Crippen LogP contribution in [0.15, 0.2) is 35.0 Å². The summed E-state index contributed by atoms with van der Waals surface area (Å²) in [6.07, 6.45) is 5.01. The van der Waals surface area contributed by atoms with Gasteiger partial charge in [0.05, 0.1) is 38.5 Å². The number of nitrogens with zero attached hydrogens (tertiary/aromatic N) is 1. The van der Waals surface area contributed by atoms with Crippen molar-refractivity contribution in [3.63, 3.8) is 0 Å². The van der Waals surface area contributed by atoms with Crippen LogP contribution in [0.25, 0.3) is 0 Å². The minimum atomic E-state index is -0.687. The lowest BCUT2D eigenvalue weighted by Crippen LogP contribution is -2.39. The highest BCUT2D eigenvalue weighted by atomic mass is 16.5. The Morgan fingerprint density at radius 1 is 1.57 bits per heavy atom. The molecule has 4 rings (SSSR count). The third-order valence-corrected chi connectivity index (χ3v) is 4.58. The molecule has 6 nitrogen and oxygen atoms in total. The van der Waals surface area contributed by atoms with E-state index in [-0.39, 0.29) is 18.0 Å². The second-order valence-electron chi connectivity index (χ2n) is 5.70. The van der Waals surface area contributed by atoms with Crippen molar-refractivity contribution in [1.82, 2.24) is 4.90 Å². The Balaban J connectivity index is 1.64. The predicted molar refractivity (Wildman–Crippen MR) is 69.9 cm³/mol. The fraction of sp³-hybridized carbons (Fsp3) is 0.467. The van der Waals surface area contributed by atoms with Crippen molar-refractivity contribution < 1.29 is 23.5 Å². The molecule has 0 aliphatic carbocycles. The molecule has 1 aromatic rings. The van der Waals surface area contributed by atoms with Gasteiger partial charge in [0.25, 0.3) is 0 Å². The molecule has 0 N–H and O–H groups in total. The average molecular weight is 289 g/mol. The molecule has 2 saturated heterocycles. The van der Waals surface area contributed by atoms with Gasteiger partial charge in [-0.25, -0.2) is 0 Å². The predicted octanol–water partition coefficient (Wildman–Crippen LogP) is 0.735. The van der Waals surface area contributed by atoms with Gasteiger partial charge in [-0.15, -0.1) is 0 Å². The van der Waals surface area contributed by atoms with Crippen molar-refractivity contribution in [1.29, 1.82) is 0 Å². The molecular formula is C15H15NO5. The van der Waals surface area contributed by atoms with E-state index < -0.39 is 17.4 Å². The minimum absolute atomic E-state index is 0.0753. The maximum absolute atomic E-state index is 12.7. The molecule has 0 aromatic carbocycles. The van der Waals surface area contributed by atoms with Crippen LogP contribution in [0.1, 0.15) is 5.76 Å². The number of furan rings is 1. The Hall–Kier alpha value is -2.08. The van der Waals surface area contributed by atoms with Crippen LogP contribution < -0.4 is 0 Å². The number of ether oxygens (including phenoxy) is 2. The summed E-state index contributed by atoms with van der Waals surface area (Å²) in [5.41, 5.74) is -0.687. The van der Waals surface area contributed by atoms with Gasteiger partial charge in [0.2, 0.25) is 5.91 Å². The molecule has 0 unspecified atom stereocenters. The van der Waals surface area contributed by atoms with Crippen molar-refractivity contribution in [3.05, 3.63) is 36.3 Å². The average Bonchev–Trinajstić information content (AvgIpc) is 3.22. The zero-order chi connectivity index (χ0) is 14.6. The number of fused-ring (bicyclic) bond motifs is 1. The number of esters is 1. The van der Waals surface area contributed by atoms with Gasteiger partial charge in [0, 0.05) is 0 Å². The standard InChI is InChI=1S/C15H15NO5/c1-19-14(18)11-10-4-5-15(21-10)8-16(13(17)12(11)15)7-9-3-2-6-20-9/h2-6,10-12H,7-8H2,1H3/t10-,11-,12+,15-/m0/s1. The van der Waals surface area contributed by atoms with E-state index in [4.69, 9.17) is 13.9 Å². The fourth-order valence-electron chi connectivity index (χ4n) is 3.71. The van der Waals surface area contributed by atoms with Crippen molar-refractivity contribution in [2.24, 2.45) is 11.8 Å². The summed E-state index contributed by atoms with van der Waals surface area (Å²) in [7, 11) is 1.34. The number of carbonyl (C=O) groups is 2. The first-order valence-corrected chi connectivity index (χ1v) is 6.91. The molecule has 3 aliphatic heterocycles. The molecule has 1 spiro atoms. The summed E-state index contributed by atoms with van der Waals surface area (Å²) in [6.45, 7) is 0.831. The smallest absolute Gasteiger partial charge is 0.312 e. The third kappa shape index (κ3) is 1.62. The van der Waals surface area contributed by atoms with E-state index >= 15 is 0 Å². The quantitative estimate of drug-likeness (QED) is 0.606. The fourth-order valence-corrected chi connectivity index (χ4v) is 3.71. The Bertz CT molecular complexity index is 622. The maximum atomic E-state index is 12.7. The number of hydrogen-bond acceptors (Lipinski definition) is 5. The van der Waals surface area contributed by atoms with Gasteiger partial charge in [-0.05, 0) is 12.1 Å². The lowest BCUT2D eigenvalue weighted by Gasteiger charge is -2.22. The van der Waals surface area contributed by atoms with Crippen molar-refractivity contribution >= 4 is 11.9 Å². The van der Waals surface area contributed by atoms with Gasteiger partial charge in [0.1, 0.15) is 17.3 Å². The highest BCUT2D eigenvalue weighted by molar-refractivity contribution is 5.91. The summed E-state index contributed by atoms with van der Waals surface area (Å²) in [6, 6.07) is 3.61. The highest BCUT2D eigenvalue weighted by Crippen LogP contribution is 2.52. The number of hydrogen-bond donors (Lipinski definition) is 0. The van der Waals surface area contributed by atoms with Gasteiger partial charge < -0.3 is 18.8 Å². The highest BCUT2D eigenvalue weighted by Gasteiger charge is 2.67. The number of likely N-dealkylation sites (tertiary alicyclic amines) is 1. The van der Waals surface area contributed by atoms with Crippen LogP contribution in [0.5, 0.6) is 0 Å². The Morgan fingerprint density at radius 3 is 3.14 bits per heavy atom. The SMILES string of the molecule is COC(=O)[C@H]1[C@@H]2C=C[C@@]3(CN(Cc4ccco4)C(=O)[C@@H]13)O2. The van der Waals surface area contributed by atoms with Gasteiger partial charge in [-0.1, -0.05) is 12.2 Å². The molecule has 6 heteroatoms. The van der Waals surface area contributed by atoms with Gasteiger partial charge in [-0.2, -0.15) is 0 Å².